The second-order valence-corrected chi connectivity index (χ2v) is 4.73. The maximum atomic E-state index is 13.3. The van der Waals surface area contributed by atoms with Gasteiger partial charge in [-0.2, -0.15) is 0 Å². The fourth-order valence-corrected chi connectivity index (χ4v) is 2.18. The number of hydrogen-bond donors (Lipinski definition) is 1. The van der Waals surface area contributed by atoms with Crippen LogP contribution in [0.25, 0.3) is 0 Å². The number of hydrogen-bond acceptors (Lipinski definition) is 4. The Bertz CT molecular complexity index is 622. The molecular weight excluding hydrogens is 293 g/mol. The monoisotopic (exact) mass is 301 g/mol. The molecule has 0 spiro atoms. The van der Waals surface area contributed by atoms with E-state index in [1.165, 1.54) is 0 Å². The Morgan fingerprint density at radius 3 is 2.70 bits per heavy atom. The molecule has 1 unspecified atom stereocenters. The number of anilines is 1. The first-order valence-corrected chi connectivity index (χ1v) is 5.92. The van der Waals surface area contributed by atoms with Crippen LogP contribution in [0.15, 0.2) is 12.1 Å². The molecule has 1 heterocycles. The molecule has 0 radical (unpaired) electrons. The molecular formula is C11H9ClFN3O4. The number of amides is 2. The van der Waals surface area contributed by atoms with Gasteiger partial charge >= 0.3 is 0 Å². The number of nitrogens with two attached hydrogens (primary N) is 1. The van der Waals surface area contributed by atoms with Crippen molar-refractivity contribution >= 4 is 34.8 Å². The maximum absolute atomic E-state index is 13.3. The Morgan fingerprint density at radius 2 is 2.20 bits per heavy atom. The number of rotatable bonds is 3. The summed E-state index contributed by atoms with van der Waals surface area (Å²) in [5.41, 5.74) is 4.38. The van der Waals surface area contributed by atoms with Crippen molar-refractivity contribution < 1.29 is 18.9 Å². The van der Waals surface area contributed by atoms with Gasteiger partial charge in [-0.3, -0.25) is 19.7 Å². The van der Waals surface area contributed by atoms with E-state index in [1.807, 2.05) is 0 Å². The lowest BCUT2D eigenvalue weighted by molar-refractivity contribution is -0.384. The van der Waals surface area contributed by atoms with Crippen LogP contribution >= 0.6 is 11.6 Å². The van der Waals surface area contributed by atoms with Gasteiger partial charge in [-0.15, -0.1) is 0 Å². The van der Waals surface area contributed by atoms with Crippen molar-refractivity contribution in [2.24, 2.45) is 11.7 Å². The highest BCUT2D eigenvalue weighted by Gasteiger charge is 2.37. The largest absolute Gasteiger partial charge is 0.369 e. The molecule has 1 saturated heterocycles. The lowest BCUT2D eigenvalue weighted by atomic mass is 10.1. The van der Waals surface area contributed by atoms with Crippen molar-refractivity contribution in [2.75, 3.05) is 11.4 Å². The van der Waals surface area contributed by atoms with Crippen LogP contribution in [0, 0.1) is 21.8 Å². The first-order valence-electron chi connectivity index (χ1n) is 5.54. The first-order chi connectivity index (χ1) is 9.31. The Balaban J connectivity index is 2.47. The number of carbonyl (C=O) groups excluding carboxylic acids is 2. The third-order valence-corrected chi connectivity index (χ3v) is 3.32. The van der Waals surface area contributed by atoms with Crippen molar-refractivity contribution in [3.05, 3.63) is 33.1 Å². The third kappa shape index (κ3) is 2.42. The zero-order chi connectivity index (χ0) is 15.0. The van der Waals surface area contributed by atoms with Crippen LogP contribution in [0.2, 0.25) is 5.02 Å². The number of primary amides is 1. The molecule has 1 aromatic rings. The van der Waals surface area contributed by atoms with Crippen molar-refractivity contribution in [2.45, 2.75) is 6.42 Å². The minimum absolute atomic E-state index is 0.0863. The minimum Gasteiger partial charge on any atom is -0.369 e. The molecule has 1 atom stereocenters. The van der Waals surface area contributed by atoms with Crippen LogP contribution in [0.5, 0.6) is 0 Å². The normalized spacial score (nSPS) is 18.4. The Morgan fingerprint density at radius 1 is 1.55 bits per heavy atom. The molecule has 1 aromatic carbocycles. The van der Waals surface area contributed by atoms with Crippen molar-refractivity contribution in [3.8, 4) is 0 Å². The number of halogens is 2. The summed E-state index contributed by atoms with van der Waals surface area (Å²) in [6.45, 7) is -0.0863. The predicted molar refractivity (Wildman–Crippen MR) is 67.7 cm³/mol. The molecule has 1 aliphatic heterocycles. The van der Waals surface area contributed by atoms with Crippen LogP contribution < -0.4 is 10.6 Å². The third-order valence-electron chi connectivity index (χ3n) is 3.03. The van der Waals surface area contributed by atoms with E-state index < -0.39 is 34.2 Å². The molecule has 2 N–H and O–H groups in total. The Labute approximate surface area is 117 Å². The van der Waals surface area contributed by atoms with Gasteiger partial charge in [-0.25, -0.2) is 4.39 Å². The molecule has 2 rings (SSSR count). The standard InChI is InChI=1S/C11H9ClFN3O4/c12-6-2-8(9(16(19)20)3-7(6)13)15-4-5(11(14)18)1-10(15)17/h2-3,5H,1,4H2,(H2,14,18). The molecule has 0 aliphatic carbocycles. The average Bonchev–Trinajstić information content (AvgIpc) is 2.74. The van der Waals surface area contributed by atoms with E-state index in [2.05, 4.69) is 0 Å². The van der Waals surface area contributed by atoms with Gasteiger partial charge in [0.15, 0.2) is 0 Å². The molecule has 9 heteroatoms. The average molecular weight is 302 g/mol. The quantitative estimate of drug-likeness (QED) is 0.669. The molecule has 0 aromatic heterocycles. The van der Waals surface area contributed by atoms with E-state index in [9.17, 15) is 24.1 Å². The van der Waals surface area contributed by atoms with E-state index in [-0.39, 0.29) is 23.7 Å². The topological polar surface area (TPSA) is 107 Å². The fraction of sp³-hybridized carbons (Fsp3) is 0.273. The van der Waals surface area contributed by atoms with Gasteiger partial charge in [0.25, 0.3) is 5.69 Å². The molecule has 1 fully saturated rings. The summed E-state index contributed by atoms with van der Waals surface area (Å²) in [6, 6.07) is 1.64. The number of nitro groups is 1. The second-order valence-electron chi connectivity index (χ2n) is 4.32. The zero-order valence-corrected chi connectivity index (χ0v) is 10.8. The summed E-state index contributed by atoms with van der Waals surface area (Å²) in [7, 11) is 0. The highest BCUT2D eigenvalue weighted by molar-refractivity contribution is 6.31. The number of nitro benzene ring substituents is 1. The lowest BCUT2D eigenvalue weighted by Gasteiger charge is -2.16. The van der Waals surface area contributed by atoms with Crippen molar-refractivity contribution in [1.82, 2.24) is 0 Å². The van der Waals surface area contributed by atoms with Gasteiger partial charge in [0.2, 0.25) is 11.8 Å². The second kappa shape index (κ2) is 5.04. The maximum Gasteiger partial charge on any atom is 0.295 e. The van der Waals surface area contributed by atoms with Crippen LogP contribution in [-0.4, -0.2) is 23.3 Å². The van der Waals surface area contributed by atoms with Crippen LogP contribution in [0.4, 0.5) is 15.8 Å². The van der Waals surface area contributed by atoms with Gasteiger partial charge in [0, 0.05) is 13.0 Å². The lowest BCUT2D eigenvalue weighted by Crippen LogP contribution is -2.28. The molecule has 0 bridgehead atoms. The predicted octanol–water partition coefficient (Wildman–Crippen LogP) is 1.23. The van der Waals surface area contributed by atoms with Gasteiger partial charge < -0.3 is 10.6 Å². The Kier molecular flexibility index (Phi) is 3.58. The highest BCUT2D eigenvalue weighted by Crippen LogP contribution is 2.36. The minimum atomic E-state index is -0.958. The summed E-state index contributed by atoms with van der Waals surface area (Å²) in [5, 5.41) is 10.6. The number of nitrogens with zero attached hydrogens (tertiary/aromatic N) is 2. The number of benzene rings is 1. The van der Waals surface area contributed by atoms with Crippen LogP contribution in [-0.2, 0) is 9.59 Å². The van der Waals surface area contributed by atoms with Crippen LogP contribution in [0.1, 0.15) is 6.42 Å². The van der Waals surface area contributed by atoms with E-state index >= 15 is 0 Å². The van der Waals surface area contributed by atoms with Crippen molar-refractivity contribution in [3.63, 3.8) is 0 Å². The number of carbonyl (C=O) groups is 2. The van der Waals surface area contributed by atoms with Crippen molar-refractivity contribution in [1.29, 1.82) is 0 Å². The van der Waals surface area contributed by atoms with Gasteiger partial charge in [-0.1, -0.05) is 11.6 Å². The molecule has 7 nitrogen and oxygen atoms in total. The summed E-state index contributed by atoms with van der Waals surface area (Å²) in [5.74, 6) is -2.86. The SMILES string of the molecule is NC(=O)C1CC(=O)N(c2cc(Cl)c(F)cc2[N+](=O)[O-])C1. The van der Waals surface area contributed by atoms with Crippen LogP contribution in [0.3, 0.4) is 0 Å². The first kappa shape index (κ1) is 14.2. The molecule has 1 aliphatic rings. The molecule has 2 amide bonds. The van der Waals surface area contributed by atoms with E-state index in [0.29, 0.717) is 6.07 Å². The van der Waals surface area contributed by atoms with E-state index in [4.69, 9.17) is 17.3 Å². The van der Waals surface area contributed by atoms with E-state index in [0.717, 1.165) is 11.0 Å². The summed E-state index contributed by atoms with van der Waals surface area (Å²) < 4.78 is 13.3. The zero-order valence-electron chi connectivity index (χ0n) is 10.0. The van der Waals surface area contributed by atoms with Gasteiger partial charge in [0.05, 0.1) is 21.9 Å². The highest BCUT2D eigenvalue weighted by atomic mass is 35.5. The Hall–Kier alpha value is -2.22. The summed E-state index contributed by atoms with van der Waals surface area (Å²) in [6.07, 6.45) is -0.137. The molecule has 20 heavy (non-hydrogen) atoms. The van der Waals surface area contributed by atoms with Gasteiger partial charge in [-0.05, 0) is 6.07 Å². The smallest absolute Gasteiger partial charge is 0.295 e. The fourth-order valence-electron chi connectivity index (χ4n) is 2.02. The summed E-state index contributed by atoms with van der Waals surface area (Å²) in [4.78, 5) is 34.0. The molecule has 0 saturated carbocycles. The van der Waals surface area contributed by atoms with E-state index in [1.54, 1.807) is 0 Å². The molecule has 106 valence electrons. The summed E-state index contributed by atoms with van der Waals surface area (Å²) >= 11 is 5.59. The van der Waals surface area contributed by atoms with Gasteiger partial charge in [0.1, 0.15) is 11.5 Å².